The van der Waals surface area contributed by atoms with E-state index in [2.05, 4.69) is 4.90 Å². The molecule has 1 fully saturated rings. The van der Waals surface area contributed by atoms with Crippen LogP contribution < -0.4 is 4.74 Å². The number of halogens is 4. The second kappa shape index (κ2) is 11.0. The van der Waals surface area contributed by atoms with Gasteiger partial charge in [-0.15, -0.1) is 0 Å². The second-order valence-corrected chi connectivity index (χ2v) is 7.86. The van der Waals surface area contributed by atoms with E-state index in [0.717, 1.165) is 18.2 Å². The molecule has 2 aromatic rings. The van der Waals surface area contributed by atoms with Crippen molar-refractivity contribution in [2.75, 3.05) is 32.8 Å². The van der Waals surface area contributed by atoms with E-state index in [1.54, 1.807) is 6.07 Å². The molecule has 31 heavy (non-hydrogen) atoms. The fourth-order valence-corrected chi connectivity index (χ4v) is 3.68. The van der Waals surface area contributed by atoms with Crippen molar-refractivity contribution in [3.05, 3.63) is 65.2 Å². The lowest BCUT2D eigenvalue weighted by Crippen LogP contribution is -2.39. The Morgan fingerprint density at radius 3 is 2.61 bits per heavy atom. The van der Waals surface area contributed by atoms with Gasteiger partial charge in [0, 0.05) is 26.1 Å². The summed E-state index contributed by atoms with van der Waals surface area (Å²) >= 11 is 5.42. The molecule has 0 aromatic heterocycles. The maximum absolute atomic E-state index is 13.1. The topological polar surface area (TPSA) is 38.8 Å². The number of nitrogens with zero attached hydrogens (tertiary/aromatic N) is 1. The molecule has 0 spiro atoms. The van der Waals surface area contributed by atoms with Crippen LogP contribution in [-0.2, 0) is 22.1 Å². The number of ether oxygens (including phenoxy) is 2. The number of alkyl halides is 3. The third kappa shape index (κ3) is 7.23. The van der Waals surface area contributed by atoms with Crippen LogP contribution in [0.2, 0.25) is 0 Å². The number of hydrogen-bond acceptors (Lipinski definition) is 4. The fraction of sp³-hybridized carbons (Fsp3) is 0.435. The average molecular weight is 456 g/mol. The summed E-state index contributed by atoms with van der Waals surface area (Å²) in [6.45, 7) is 2.97. The summed E-state index contributed by atoms with van der Waals surface area (Å²) in [6.07, 6.45) is -3.34. The largest absolute Gasteiger partial charge is 0.494 e. The van der Waals surface area contributed by atoms with Gasteiger partial charge in [0.15, 0.2) is 0 Å². The van der Waals surface area contributed by atoms with Gasteiger partial charge in [0.25, 0.3) is 0 Å². The molecule has 8 heteroatoms. The molecule has 0 N–H and O–H groups in total. The SMILES string of the molecule is O=C(Cl)CCN1CCOC(c2ccc(OCCCc3ccccc3C(F)(F)F)cc2)C1. The summed E-state index contributed by atoms with van der Waals surface area (Å²) in [5, 5.41) is -0.341. The van der Waals surface area contributed by atoms with Gasteiger partial charge >= 0.3 is 6.18 Å². The molecule has 2 aromatic carbocycles. The lowest BCUT2D eigenvalue weighted by molar-refractivity contribution is -0.138. The van der Waals surface area contributed by atoms with E-state index in [1.807, 2.05) is 24.3 Å². The predicted molar refractivity (Wildman–Crippen MR) is 112 cm³/mol. The normalized spacial score (nSPS) is 17.5. The van der Waals surface area contributed by atoms with Gasteiger partial charge in [-0.25, -0.2) is 0 Å². The first-order chi connectivity index (χ1) is 14.8. The lowest BCUT2D eigenvalue weighted by atomic mass is 10.0. The molecule has 0 bridgehead atoms. The number of aryl methyl sites for hydroxylation is 1. The molecule has 168 valence electrons. The smallest absolute Gasteiger partial charge is 0.416 e. The third-order valence-electron chi connectivity index (χ3n) is 5.21. The molecule has 0 saturated carbocycles. The van der Waals surface area contributed by atoms with E-state index in [4.69, 9.17) is 21.1 Å². The van der Waals surface area contributed by atoms with Crippen molar-refractivity contribution < 1.29 is 27.4 Å². The Labute approximate surface area is 184 Å². The van der Waals surface area contributed by atoms with Gasteiger partial charge in [-0.2, -0.15) is 13.2 Å². The van der Waals surface area contributed by atoms with Crippen molar-refractivity contribution in [1.29, 1.82) is 0 Å². The van der Waals surface area contributed by atoms with Crippen LogP contribution in [0.4, 0.5) is 13.2 Å². The summed E-state index contributed by atoms with van der Waals surface area (Å²) < 4.78 is 50.7. The van der Waals surface area contributed by atoms with Crippen LogP contribution in [0.1, 0.15) is 35.6 Å². The van der Waals surface area contributed by atoms with Crippen LogP contribution in [0.3, 0.4) is 0 Å². The van der Waals surface area contributed by atoms with Crippen molar-refractivity contribution in [1.82, 2.24) is 4.90 Å². The fourth-order valence-electron chi connectivity index (χ4n) is 3.60. The van der Waals surface area contributed by atoms with Crippen molar-refractivity contribution >= 4 is 16.8 Å². The third-order valence-corrected chi connectivity index (χ3v) is 5.40. The number of rotatable bonds is 9. The van der Waals surface area contributed by atoms with Gasteiger partial charge in [-0.3, -0.25) is 9.69 Å². The van der Waals surface area contributed by atoms with Crippen molar-refractivity contribution in [2.24, 2.45) is 0 Å². The van der Waals surface area contributed by atoms with Crippen LogP contribution in [0.25, 0.3) is 0 Å². The van der Waals surface area contributed by atoms with Crippen LogP contribution in [0.5, 0.6) is 5.75 Å². The summed E-state index contributed by atoms with van der Waals surface area (Å²) in [5.41, 5.74) is 0.702. The Morgan fingerprint density at radius 1 is 1.16 bits per heavy atom. The highest BCUT2D eigenvalue weighted by atomic mass is 35.5. The Kier molecular flexibility index (Phi) is 8.35. The van der Waals surface area contributed by atoms with Crippen molar-refractivity contribution in [3.63, 3.8) is 0 Å². The first-order valence-electron chi connectivity index (χ1n) is 10.2. The average Bonchev–Trinajstić information content (AvgIpc) is 2.75. The van der Waals surface area contributed by atoms with Crippen LogP contribution in [0.15, 0.2) is 48.5 Å². The summed E-state index contributed by atoms with van der Waals surface area (Å²) in [4.78, 5) is 13.1. The number of benzene rings is 2. The highest BCUT2D eigenvalue weighted by Crippen LogP contribution is 2.32. The highest BCUT2D eigenvalue weighted by Gasteiger charge is 2.32. The quantitative estimate of drug-likeness (QED) is 0.382. The van der Waals surface area contributed by atoms with E-state index in [0.29, 0.717) is 51.3 Å². The van der Waals surface area contributed by atoms with Crippen molar-refractivity contribution in [3.8, 4) is 5.75 Å². The zero-order chi connectivity index (χ0) is 22.3. The second-order valence-electron chi connectivity index (χ2n) is 7.44. The Hall–Kier alpha value is -2.09. The molecule has 1 aliphatic heterocycles. The van der Waals surface area contributed by atoms with Gasteiger partial charge in [0.2, 0.25) is 5.24 Å². The van der Waals surface area contributed by atoms with E-state index in [-0.39, 0.29) is 16.9 Å². The van der Waals surface area contributed by atoms with Gasteiger partial charge < -0.3 is 9.47 Å². The van der Waals surface area contributed by atoms with E-state index >= 15 is 0 Å². The minimum absolute atomic E-state index is 0.0907. The van der Waals surface area contributed by atoms with Crippen molar-refractivity contribution in [2.45, 2.75) is 31.5 Å². The molecule has 1 aliphatic rings. The van der Waals surface area contributed by atoms with Gasteiger partial charge in [0.1, 0.15) is 5.75 Å². The molecule has 1 heterocycles. The maximum Gasteiger partial charge on any atom is 0.416 e. The van der Waals surface area contributed by atoms with Crippen LogP contribution in [0, 0.1) is 0 Å². The number of carbonyl (C=O) groups is 1. The van der Waals surface area contributed by atoms with E-state index < -0.39 is 11.7 Å². The summed E-state index contributed by atoms with van der Waals surface area (Å²) in [5.74, 6) is 0.660. The molecule has 1 atom stereocenters. The maximum atomic E-state index is 13.1. The first kappa shape index (κ1) is 23.6. The minimum Gasteiger partial charge on any atom is -0.494 e. The first-order valence-corrected chi connectivity index (χ1v) is 10.6. The number of morpholine rings is 1. The molecule has 4 nitrogen and oxygen atoms in total. The minimum atomic E-state index is -4.34. The molecular weight excluding hydrogens is 431 g/mol. The van der Waals surface area contributed by atoms with Gasteiger partial charge in [-0.1, -0.05) is 30.3 Å². The number of hydrogen-bond donors (Lipinski definition) is 0. The Morgan fingerprint density at radius 2 is 1.90 bits per heavy atom. The van der Waals surface area contributed by atoms with Gasteiger partial charge in [0.05, 0.1) is 24.9 Å². The monoisotopic (exact) mass is 455 g/mol. The van der Waals surface area contributed by atoms with Crippen LogP contribution >= 0.6 is 11.6 Å². The molecule has 1 unspecified atom stereocenters. The zero-order valence-corrected chi connectivity index (χ0v) is 17.8. The number of carbonyl (C=O) groups excluding carboxylic acids is 1. The van der Waals surface area contributed by atoms with Crippen LogP contribution in [-0.4, -0.2) is 43.0 Å². The molecule has 0 aliphatic carbocycles. The molecular formula is C23H25ClF3NO3. The predicted octanol–water partition coefficient (Wildman–Crippen LogP) is 5.25. The standard InChI is InChI=1S/C23H25ClF3NO3/c24-22(29)11-12-28-13-15-31-21(16-28)18-7-9-19(10-8-18)30-14-3-5-17-4-1-2-6-20(17)23(25,26)27/h1-2,4,6-10,21H,3,5,11-16H2. The molecule has 1 saturated heterocycles. The summed E-state index contributed by atoms with van der Waals surface area (Å²) in [6, 6.07) is 13.2. The van der Waals surface area contributed by atoms with E-state index in [9.17, 15) is 18.0 Å². The Bertz CT molecular complexity index is 858. The molecule has 0 amide bonds. The molecule has 3 rings (SSSR count). The highest BCUT2D eigenvalue weighted by molar-refractivity contribution is 6.63. The zero-order valence-electron chi connectivity index (χ0n) is 17.0. The molecule has 0 radical (unpaired) electrons. The summed E-state index contributed by atoms with van der Waals surface area (Å²) in [7, 11) is 0. The lowest BCUT2D eigenvalue weighted by Gasteiger charge is -2.32. The van der Waals surface area contributed by atoms with Gasteiger partial charge in [-0.05, 0) is 53.8 Å². The Balaban J connectivity index is 1.47. The van der Waals surface area contributed by atoms with E-state index in [1.165, 1.54) is 12.1 Å².